The van der Waals surface area contributed by atoms with Gasteiger partial charge in [-0.25, -0.2) is 0 Å². The topological polar surface area (TPSA) is 46.2 Å². The van der Waals surface area contributed by atoms with Crippen molar-refractivity contribution >= 4 is 23.3 Å². The Bertz CT molecular complexity index is 584. The Morgan fingerprint density at radius 1 is 0.950 bits per heavy atom. The molecule has 1 atom stereocenters. The zero-order valence-electron chi connectivity index (χ0n) is 10.8. The minimum absolute atomic E-state index is 0.201. The Balaban J connectivity index is 1.93. The van der Waals surface area contributed by atoms with Crippen molar-refractivity contribution in [3.05, 3.63) is 71.8 Å². The molecule has 0 aliphatic rings. The Hall–Kier alpha value is -2.13. The van der Waals surface area contributed by atoms with Gasteiger partial charge in [-0.2, -0.15) is 0 Å². The molecular weight excluding hydrogens is 274 g/mol. The van der Waals surface area contributed by atoms with Crippen LogP contribution in [0.4, 0.5) is 0 Å². The van der Waals surface area contributed by atoms with Crippen LogP contribution in [0.25, 0.3) is 0 Å². The predicted octanol–water partition coefficient (Wildman–Crippen LogP) is 2.79. The summed E-state index contributed by atoms with van der Waals surface area (Å²) in [6.45, 7) is 0. The van der Waals surface area contributed by atoms with E-state index in [0.29, 0.717) is 5.56 Å². The van der Waals surface area contributed by atoms with E-state index in [1.807, 2.05) is 36.4 Å². The molecule has 1 amide bonds. The number of hydrogen-bond donors (Lipinski definition) is 1. The first-order chi connectivity index (χ1) is 9.66. The molecule has 0 heterocycles. The number of carbonyl (C=O) groups excluding carboxylic acids is 2. The number of amides is 1. The third-order valence-electron chi connectivity index (χ3n) is 2.78. The summed E-state index contributed by atoms with van der Waals surface area (Å²) in [7, 11) is 0. The number of benzene rings is 2. The molecule has 0 saturated heterocycles. The molecule has 0 saturated carbocycles. The molecule has 1 N–H and O–H groups in total. The van der Waals surface area contributed by atoms with Gasteiger partial charge < -0.3 is 5.32 Å². The predicted molar refractivity (Wildman–Crippen MR) is 78.7 cm³/mol. The van der Waals surface area contributed by atoms with E-state index in [4.69, 9.17) is 11.6 Å². The van der Waals surface area contributed by atoms with Crippen LogP contribution in [0.1, 0.15) is 15.9 Å². The molecule has 102 valence electrons. The van der Waals surface area contributed by atoms with Gasteiger partial charge in [0, 0.05) is 5.56 Å². The van der Waals surface area contributed by atoms with Crippen LogP contribution in [-0.2, 0) is 11.2 Å². The molecule has 2 aromatic carbocycles. The van der Waals surface area contributed by atoms with E-state index in [-0.39, 0.29) is 18.1 Å². The fraction of sp³-hybridized carbons (Fsp3) is 0.125. The van der Waals surface area contributed by atoms with Crippen molar-refractivity contribution in [3.63, 3.8) is 0 Å². The standard InChI is InChI=1S/C16H14ClNO2/c17-16(15(20)13-9-5-2-6-10-13)18-14(19)11-12-7-3-1-4-8-12/h1-10,16H,11H2,(H,18,19). The Morgan fingerprint density at radius 2 is 1.50 bits per heavy atom. The molecule has 0 spiro atoms. The minimum Gasteiger partial charge on any atom is -0.333 e. The molecule has 0 fully saturated rings. The highest BCUT2D eigenvalue weighted by Gasteiger charge is 2.19. The first-order valence-electron chi connectivity index (χ1n) is 6.23. The number of halogens is 1. The lowest BCUT2D eigenvalue weighted by Gasteiger charge is -2.11. The molecule has 0 aliphatic heterocycles. The summed E-state index contributed by atoms with van der Waals surface area (Å²) in [5.41, 5.74) is 0.308. The van der Waals surface area contributed by atoms with Crippen LogP contribution in [0.2, 0.25) is 0 Å². The lowest BCUT2D eigenvalue weighted by Crippen LogP contribution is -2.37. The van der Waals surface area contributed by atoms with Crippen LogP contribution in [0.15, 0.2) is 60.7 Å². The van der Waals surface area contributed by atoms with Gasteiger partial charge in [-0.3, -0.25) is 9.59 Å². The van der Waals surface area contributed by atoms with Crippen LogP contribution < -0.4 is 5.32 Å². The van der Waals surface area contributed by atoms with Gasteiger partial charge in [0.15, 0.2) is 11.3 Å². The highest BCUT2D eigenvalue weighted by Crippen LogP contribution is 2.07. The van der Waals surface area contributed by atoms with Crippen LogP contribution in [0.5, 0.6) is 0 Å². The molecule has 3 nitrogen and oxygen atoms in total. The highest BCUT2D eigenvalue weighted by molar-refractivity contribution is 6.34. The average molecular weight is 288 g/mol. The lowest BCUT2D eigenvalue weighted by atomic mass is 10.1. The van der Waals surface area contributed by atoms with Gasteiger partial charge in [-0.1, -0.05) is 72.3 Å². The first-order valence-corrected chi connectivity index (χ1v) is 6.67. The third kappa shape index (κ3) is 3.93. The number of rotatable bonds is 5. The van der Waals surface area contributed by atoms with Crippen molar-refractivity contribution in [2.24, 2.45) is 0 Å². The van der Waals surface area contributed by atoms with Gasteiger partial charge in [0.25, 0.3) is 0 Å². The molecule has 4 heteroatoms. The second-order valence-electron chi connectivity index (χ2n) is 4.32. The molecule has 20 heavy (non-hydrogen) atoms. The number of alkyl halides is 1. The molecular formula is C16H14ClNO2. The maximum atomic E-state index is 12.0. The van der Waals surface area contributed by atoms with Gasteiger partial charge in [0.1, 0.15) is 0 Å². The van der Waals surface area contributed by atoms with E-state index in [9.17, 15) is 9.59 Å². The molecule has 0 radical (unpaired) electrons. The number of Topliss-reactive ketones (excluding diaryl/α,β-unsaturated/α-hetero) is 1. The van der Waals surface area contributed by atoms with Crippen LogP contribution in [0.3, 0.4) is 0 Å². The normalized spacial score (nSPS) is 11.7. The van der Waals surface area contributed by atoms with Crippen molar-refractivity contribution < 1.29 is 9.59 Å². The highest BCUT2D eigenvalue weighted by atomic mass is 35.5. The quantitative estimate of drug-likeness (QED) is 0.522. The first kappa shape index (κ1) is 14.3. The summed E-state index contributed by atoms with van der Waals surface area (Å²) in [5, 5.41) is 2.50. The summed E-state index contributed by atoms with van der Waals surface area (Å²) in [4.78, 5) is 23.8. The Labute approximate surface area is 122 Å². The summed E-state index contributed by atoms with van der Waals surface area (Å²) in [6.07, 6.45) is 0.201. The Kier molecular flexibility index (Phi) is 4.91. The SMILES string of the molecule is O=C(Cc1ccccc1)NC(Cl)C(=O)c1ccccc1. The van der Waals surface area contributed by atoms with Gasteiger partial charge in [-0.05, 0) is 5.56 Å². The summed E-state index contributed by atoms with van der Waals surface area (Å²) in [6, 6.07) is 17.9. The maximum absolute atomic E-state index is 12.0. The molecule has 2 aromatic rings. The smallest absolute Gasteiger partial charge is 0.225 e. The minimum atomic E-state index is -1.05. The van der Waals surface area contributed by atoms with Gasteiger partial charge in [0.05, 0.1) is 6.42 Å². The lowest BCUT2D eigenvalue weighted by molar-refractivity contribution is -0.120. The van der Waals surface area contributed by atoms with E-state index < -0.39 is 5.50 Å². The van der Waals surface area contributed by atoms with E-state index in [1.165, 1.54) is 0 Å². The second kappa shape index (κ2) is 6.87. The Morgan fingerprint density at radius 3 is 2.10 bits per heavy atom. The number of carbonyl (C=O) groups is 2. The van der Waals surface area contributed by atoms with Crippen molar-refractivity contribution in [1.29, 1.82) is 0 Å². The zero-order valence-corrected chi connectivity index (χ0v) is 11.5. The molecule has 0 aliphatic carbocycles. The fourth-order valence-corrected chi connectivity index (χ4v) is 2.04. The summed E-state index contributed by atoms with van der Waals surface area (Å²) >= 11 is 5.95. The van der Waals surface area contributed by atoms with E-state index in [0.717, 1.165) is 5.56 Å². The van der Waals surface area contributed by atoms with E-state index in [1.54, 1.807) is 24.3 Å². The van der Waals surface area contributed by atoms with E-state index >= 15 is 0 Å². The van der Waals surface area contributed by atoms with Crippen molar-refractivity contribution in [2.75, 3.05) is 0 Å². The number of nitrogens with one attached hydrogen (secondary N) is 1. The van der Waals surface area contributed by atoms with Crippen molar-refractivity contribution in [3.8, 4) is 0 Å². The maximum Gasteiger partial charge on any atom is 0.225 e. The summed E-state index contributed by atoms with van der Waals surface area (Å²) < 4.78 is 0. The number of hydrogen-bond acceptors (Lipinski definition) is 2. The monoisotopic (exact) mass is 287 g/mol. The van der Waals surface area contributed by atoms with E-state index in [2.05, 4.69) is 5.32 Å². The van der Waals surface area contributed by atoms with Crippen molar-refractivity contribution in [2.45, 2.75) is 11.9 Å². The van der Waals surface area contributed by atoms with Crippen LogP contribution >= 0.6 is 11.6 Å². The van der Waals surface area contributed by atoms with Crippen LogP contribution in [-0.4, -0.2) is 17.2 Å². The largest absolute Gasteiger partial charge is 0.333 e. The van der Waals surface area contributed by atoms with Gasteiger partial charge in [-0.15, -0.1) is 0 Å². The molecule has 1 unspecified atom stereocenters. The second-order valence-corrected chi connectivity index (χ2v) is 4.76. The van der Waals surface area contributed by atoms with Gasteiger partial charge in [0.2, 0.25) is 5.91 Å². The fourth-order valence-electron chi connectivity index (χ4n) is 1.79. The molecule has 0 bridgehead atoms. The van der Waals surface area contributed by atoms with Crippen molar-refractivity contribution in [1.82, 2.24) is 5.32 Å². The molecule has 0 aromatic heterocycles. The number of ketones is 1. The molecule has 2 rings (SSSR count). The van der Waals surface area contributed by atoms with Crippen LogP contribution in [0, 0.1) is 0 Å². The third-order valence-corrected chi connectivity index (χ3v) is 3.09. The summed E-state index contributed by atoms with van der Waals surface area (Å²) in [5.74, 6) is -0.589. The average Bonchev–Trinajstić information content (AvgIpc) is 2.48. The zero-order chi connectivity index (χ0) is 14.4. The van der Waals surface area contributed by atoms with Gasteiger partial charge >= 0.3 is 0 Å².